The molecule has 6 heteroatoms. The molecular weight excluding hydrogens is 468 g/mol. The second kappa shape index (κ2) is 10.5. The van der Waals surface area contributed by atoms with Crippen molar-refractivity contribution in [2.75, 3.05) is 6.23 Å². The van der Waals surface area contributed by atoms with Gasteiger partial charge in [0, 0.05) is 11.1 Å². The number of esters is 1. The van der Waals surface area contributed by atoms with Crippen LogP contribution in [0.2, 0.25) is 13.1 Å². The third kappa shape index (κ3) is 7.51. The van der Waals surface area contributed by atoms with E-state index in [-0.39, 0.29) is 22.9 Å². The smallest absolute Gasteiger partial charge is 0.350 e. The molecule has 2 rings (SSSR count). The fourth-order valence-corrected chi connectivity index (χ4v) is 5.61. The van der Waals surface area contributed by atoms with Gasteiger partial charge in [0.25, 0.3) is 0 Å². The van der Waals surface area contributed by atoms with E-state index < -0.39 is 13.7 Å². The molecule has 0 amide bonds. The Balaban J connectivity index is 2.22. The summed E-state index contributed by atoms with van der Waals surface area (Å²) in [5, 5.41) is 12.2. The molecular formula is C30H46O5Si. The average Bonchev–Trinajstić information content (AvgIpc) is 2.71. The Morgan fingerprint density at radius 3 is 1.75 bits per heavy atom. The van der Waals surface area contributed by atoms with E-state index in [1.807, 2.05) is 38.1 Å². The summed E-state index contributed by atoms with van der Waals surface area (Å²) in [6, 6.07) is 11.9. The van der Waals surface area contributed by atoms with Crippen molar-refractivity contribution in [2.45, 2.75) is 105 Å². The second-order valence-corrected chi connectivity index (χ2v) is 17.8. The van der Waals surface area contributed by atoms with E-state index in [4.69, 9.17) is 14.2 Å². The van der Waals surface area contributed by atoms with Gasteiger partial charge in [-0.3, -0.25) is 0 Å². The zero-order valence-electron chi connectivity index (χ0n) is 24.3. The second-order valence-electron chi connectivity index (χ2n) is 13.1. The van der Waals surface area contributed by atoms with Crippen molar-refractivity contribution in [3.05, 3.63) is 47.5 Å². The van der Waals surface area contributed by atoms with E-state index in [1.165, 1.54) is 5.19 Å². The summed E-state index contributed by atoms with van der Waals surface area (Å²) in [5.41, 5.74) is 0.299. The van der Waals surface area contributed by atoms with Crippen LogP contribution in [0.4, 0.5) is 0 Å². The van der Waals surface area contributed by atoms with Crippen LogP contribution in [0.3, 0.4) is 0 Å². The molecule has 0 saturated carbocycles. The minimum atomic E-state index is -1.96. The minimum Gasteiger partial charge on any atom is -0.507 e. The molecule has 0 bridgehead atoms. The summed E-state index contributed by atoms with van der Waals surface area (Å²) in [6.45, 7) is 24.2. The summed E-state index contributed by atoms with van der Waals surface area (Å²) in [6.07, 6.45) is 0.402. The highest BCUT2D eigenvalue weighted by atomic mass is 28.3. The van der Waals surface area contributed by atoms with Gasteiger partial charge in [-0.05, 0) is 62.8 Å². The van der Waals surface area contributed by atoms with E-state index in [1.54, 1.807) is 13.8 Å². The lowest BCUT2D eigenvalue weighted by Gasteiger charge is -2.29. The maximum absolute atomic E-state index is 12.3. The molecule has 0 unspecified atom stereocenters. The number of carbonyl (C=O) groups excluding carboxylic acids is 1. The standard InChI is InChI=1S/C30H46O5Si/c1-20(2)34-27(32)30(9,10)35-21-13-15-23(16-14-21)36(11,12)19-33-22-17-24(28(3,4)5)26(31)25(18-22)29(6,7)8/h13-18,20,31H,19H2,1-12H3. The number of carbonyl (C=O) groups is 1. The van der Waals surface area contributed by atoms with Crippen molar-refractivity contribution in [2.24, 2.45) is 0 Å². The van der Waals surface area contributed by atoms with Crippen molar-refractivity contribution >= 4 is 19.2 Å². The van der Waals surface area contributed by atoms with Crippen LogP contribution in [-0.2, 0) is 20.4 Å². The van der Waals surface area contributed by atoms with Crippen LogP contribution >= 0.6 is 0 Å². The molecule has 0 radical (unpaired) electrons. The number of phenols is 1. The van der Waals surface area contributed by atoms with Gasteiger partial charge in [0.1, 0.15) is 25.3 Å². The van der Waals surface area contributed by atoms with Crippen LogP contribution < -0.4 is 14.7 Å². The van der Waals surface area contributed by atoms with Crippen LogP contribution in [0.25, 0.3) is 0 Å². The summed E-state index contributed by atoms with van der Waals surface area (Å²) < 4.78 is 17.7. The molecule has 0 spiro atoms. The normalized spacial score (nSPS) is 13.0. The average molecular weight is 515 g/mol. The topological polar surface area (TPSA) is 65.0 Å². The van der Waals surface area contributed by atoms with Crippen LogP contribution in [0, 0.1) is 0 Å². The van der Waals surface area contributed by atoms with E-state index in [0.717, 1.165) is 16.9 Å². The lowest BCUT2D eigenvalue weighted by Crippen LogP contribution is -2.47. The molecule has 5 nitrogen and oxygen atoms in total. The molecule has 0 heterocycles. The highest BCUT2D eigenvalue weighted by Crippen LogP contribution is 2.41. The summed E-state index contributed by atoms with van der Waals surface area (Å²) >= 11 is 0. The van der Waals surface area contributed by atoms with Gasteiger partial charge in [-0.2, -0.15) is 0 Å². The summed E-state index contributed by atoms with van der Waals surface area (Å²) in [7, 11) is -1.96. The Labute approximate surface area is 219 Å². The zero-order valence-corrected chi connectivity index (χ0v) is 25.3. The van der Waals surface area contributed by atoms with Gasteiger partial charge in [-0.25, -0.2) is 4.79 Å². The molecule has 0 fully saturated rings. The lowest BCUT2D eigenvalue weighted by atomic mass is 9.79. The van der Waals surface area contributed by atoms with Gasteiger partial charge in [0.2, 0.25) is 0 Å². The number of hydrogen-bond acceptors (Lipinski definition) is 5. The van der Waals surface area contributed by atoms with Crippen LogP contribution in [0.5, 0.6) is 17.2 Å². The van der Waals surface area contributed by atoms with Gasteiger partial charge in [0.05, 0.1) is 12.3 Å². The third-order valence-corrected chi connectivity index (χ3v) is 8.90. The van der Waals surface area contributed by atoms with Crippen LogP contribution in [-0.4, -0.2) is 37.1 Å². The highest BCUT2D eigenvalue weighted by Gasteiger charge is 2.33. The maximum atomic E-state index is 12.3. The Bertz CT molecular complexity index is 1020. The van der Waals surface area contributed by atoms with Gasteiger partial charge in [-0.15, -0.1) is 0 Å². The van der Waals surface area contributed by atoms with E-state index >= 15 is 0 Å². The van der Waals surface area contributed by atoms with Gasteiger partial charge < -0.3 is 19.3 Å². The number of phenolic OH excluding ortho intramolecular Hbond substituents is 1. The monoisotopic (exact) mass is 514 g/mol. The molecule has 2 aromatic rings. The van der Waals surface area contributed by atoms with Crippen molar-refractivity contribution in [1.29, 1.82) is 0 Å². The molecule has 200 valence electrons. The first-order valence-corrected chi connectivity index (χ1v) is 16.0. The van der Waals surface area contributed by atoms with E-state index in [0.29, 0.717) is 17.7 Å². The van der Waals surface area contributed by atoms with Gasteiger partial charge in [-0.1, -0.05) is 72.0 Å². The van der Waals surface area contributed by atoms with Crippen LogP contribution in [0.1, 0.15) is 80.4 Å². The molecule has 1 N–H and O–H groups in total. The molecule has 0 aliphatic heterocycles. The quantitative estimate of drug-likeness (QED) is 0.316. The number of benzene rings is 2. The van der Waals surface area contributed by atoms with Crippen molar-refractivity contribution in [3.63, 3.8) is 0 Å². The zero-order chi connectivity index (χ0) is 27.7. The Morgan fingerprint density at radius 1 is 0.861 bits per heavy atom. The number of rotatable bonds is 8. The molecule has 0 aromatic heterocycles. The predicted molar refractivity (Wildman–Crippen MR) is 150 cm³/mol. The highest BCUT2D eigenvalue weighted by molar-refractivity contribution is 6.89. The van der Waals surface area contributed by atoms with Gasteiger partial charge >= 0.3 is 5.97 Å². The first kappa shape index (κ1) is 29.8. The number of aromatic hydroxyl groups is 1. The van der Waals surface area contributed by atoms with Gasteiger partial charge in [0.15, 0.2) is 5.60 Å². The van der Waals surface area contributed by atoms with Crippen molar-refractivity contribution in [1.82, 2.24) is 0 Å². The fourth-order valence-electron chi connectivity index (χ4n) is 3.85. The first-order valence-electron chi connectivity index (χ1n) is 12.8. The molecule has 0 atom stereocenters. The largest absolute Gasteiger partial charge is 0.507 e. The lowest BCUT2D eigenvalue weighted by molar-refractivity contribution is -0.163. The molecule has 2 aromatic carbocycles. The predicted octanol–water partition coefficient (Wildman–Crippen LogP) is 6.63. The third-order valence-electron chi connectivity index (χ3n) is 6.14. The fraction of sp³-hybridized carbons (Fsp3) is 0.567. The minimum absolute atomic E-state index is 0.193. The van der Waals surface area contributed by atoms with Crippen molar-refractivity contribution < 1.29 is 24.1 Å². The Hall–Kier alpha value is -2.47. The molecule has 0 saturated heterocycles. The molecule has 36 heavy (non-hydrogen) atoms. The summed E-state index contributed by atoms with van der Waals surface area (Å²) in [4.78, 5) is 12.3. The summed E-state index contributed by atoms with van der Waals surface area (Å²) in [5.74, 6) is 1.38. The molecule has 0 aliphatic rings. The van der Waals surface area contributed by atoms with Crippen LogP contribution in [0.15, 0.2) is 36.4 Å². The Morgan fingerprint density at radius 2 is 1.33 bits per heavy atom. The Kier molecular flexibility index (Phi) is 8.67. The molecule has 0 aliphatic carbocycles. The number of hydrogen-bond donors (Lipinski definition) is 1. The first-order chi connectivity index (χ1) is 16.2. The maximum Gasteiger partial charge on any atom is 0.350 e. The SMILES string of the molecule is CC(C)OC(=O)C(C)(C)Oc1ccc([Si](C)(C)COc2cc(C(C)(C)C)c(O)c(C(C)(C)C)c2)cc1. The van der Waals surface area contributed by atoms with E-state index in [2.05, 4.69) is 66.8 Å². The van der Waals surface area contributed by atoms with Crippen molar-refractivity contribution in [3.8, 4) is 17.2 Å². The van der Waals surface area contributed by atoms with E-state index in [9.17, 15) is 9.90 Å². The number of ether oxygens (including phenoxy) is 3.